The summed E-state index contributed by atoms with van der Waals surface area (Å²) < 4.78 is 0. The van der Waals surface area contributed by atoms with Gasteiger partial charge in [0.15, 0.2) is 0 Å². The molecule has 2 heterocycles. The molecule has 1 aromatic rings. The third-order valence-electron chi connectivity index (χ3n) is 3.93. The van der Waals surface area contributed by atoms with Gasteiger partial charge in [0.2, 0.25) is 5.91 Å². The molecule has 1 aromatic heterocycles. The molecule has 0 bridgehead atoms. The Morgan fingerprint density at radius 1 is 1.48 bits per heavy atom. The number of hydrogen-bond acceptors (Lipinski definition) is 4. The summed E-state index contributed by atoms with van der Waals surface area (Å²) in [7, 11) is 0. The van der Waals surface area contributed by atoms with Gasteiger partial charge in [-0.25, -0.2) is 4.98 Å². The third-order valence-corrected chi connectivity index (χ3v) is 4.80. The van der Waals surface area contributed by atoms with Gasteiger partial charge in [0.1, 0.15) is 5.01 Å². The Morgan fingerprint density at radius 2 is 2.24 bits per heavy atom. The van der Waals surface area contributed by atoms with Gasteiger partial charge in [-0.15, -0.1) is 11.3 Å². The van der Waals surface area contributed by atoms with Gasteiger partial charge in [-0.3, -0.25) is 4.79 Å². The number of likely N-dealkylation sites (tertiary alicyclic amines) is 1. The van der Waals surface area contributed by atoms with Gasteiger partial charge in [-0.1, -0.05) is 27.7 Å². The number of rotatable bonds is 5. The van der Waals surface area contributed by atoms with E-state index in [1.807, 2.05) is 18.7 Å². The van der Waals surface area contributed by atoms with Crippen LogP contribution in [0.4, 0.5) is 0 Å². The molecule has 1 amide bonds. The summed E-state index contributed by atoms with van der Waals surface area (Å²) in [5.41, 5.74) is 1.18. The molecule has 1 aliphatic rings. The third kappa shape index (κ3) is 4.51. The van der Waals surface area contributed by atoms with E-state index in [0.29, 0.717) is 12.0 Å². The minimum atomic E-state index is 0.0938. The summed E-state index contributed by atoms with van der Waals surface area (Å²) in [6.07, 6.45) is 2.23. The van der Waals surface area contributed by atoms with Gasteiger partial charge in [0, 0.05) is 37.0 Å². The van der Waals surface area contributed by atoms with E-state index >= 15 is 0 Å². The van der Waals surface area contributed by atoms with Crippen LogP contribution < -0.4 is 5.32 Å². The standard InChI is InChI=1S/C16H27N3OS/c1-11(2)14-10-21-15(18-14)8-17-13-6-5-7-19(9-13)16(20)12(3)4/h10-13,17H,5-9H2,1-4H3. The number of carbonyl (C=O) groups is 1. The number of aromatic nitrogens is 1. The maximum atomic E-state index is 12.1. The first-order chi connectivity index (χ1) is 9.97. The van der Waals surface area contributed by atoms with Gasteiger partial charge in [0.25, 0.3) is 0 Å². The smallest absolute Gasteiger partial charge is 0.225 e. The van der Waals surface area contributed by atoms with Crippen molar-refractivity contribution in [2.24, 2.45) is 5.92 Å². The Morgan fingerprint density at radius 3 is 2.86 bits per heavy atom. The quantitative estimate of drug-likeness (QED) is 0.909. The fourth-order valence-corrected chi connectivity index (χ4v) is 3.52. The highest BCUT2D eigenvalue weighted by atomic mass is 32.1. The Hall–Kier alpha value is -0.940. The van der Waals surface area contributed by atoms with Crippen LogP contribution in [0.3, 0.4) is 0 Å². The Bertz CT molecular complexity index is 470. The monoisotopic (exact) mass is 309 g/mol. The number of piperidine rings is 1. The number of hydrogen-bond donors (Lipinski definition) is 1. The second-order valence-electron chi connectivity index (χ2n) is 6.48. The molecule has 4 nitrogen and oxygen atoms in total. The summed E-state index contributed by atoms with van der Waals surface area (Å²) in [4.78, 5) is 18.7. The van der Waals surface area contributed by atoms with Crippen molar-refractivity contribution in [3.63, 3.8) is 0 Å². The van der Waals surface area contributed by atoms with E-state index in [9.17, 15) is 4.79 Å². The molecule has 118 valence electrons. The lowest BCUT2D eigenvalue weighted by Gasteiger charge is -2.34. The summed E-state index contributed by atoms with van der Waals surface area (Å²) >= 11 is 1.72. The van der Waals surface area contributed by atoms with Crippen molar-refractivity contribution in [1.82, 2.24) is 15.2 Å². The van der Waals surface area contributed by atoms with Gasteiger partial charge in [-0.2, -0.15) is 0 Å². The topological polar surface area (TPSA) is 45.2 Å². The van der Waals surface area contributed by atoms with Crippen LogP contribution in [0, 0.1) is 5.92 Å². The Kier molecular flexibility index (Phi) is 5.76. The van der Waals surface area contributed by atoms with E-state index in [1.165, 1.54) is 5.69 Å². The van der Waals surface area contributed by atoms with Gasteiger partial charge in [-0.05, 0) is 18.8 Å². The van der Waals surface area contributed by atoms with Crippen LogP contribution in [0.1, 0.15) is 57.2 Å². The molecule has 1 aliphatic heterocycles. The van der Waals surface area contributed by atoms with Crippen LogP contribution in [0.25, 0.3) is 0 Å². The summed E-state index contributed by atoms with van der Waals surface area (Å²) in [6.45, 7) is 10.8. The van der Waals surface area contributed by atoms with Crippen LogP contribution in [0.2, 0.25) is 0 Å². The largest absolute Gasteiger partial charge is 0.341 e. The molecule has 5 heteroatoms. The summed E-state index contributed by atoms with van der Waals surface area (Å²) in [5.74, 6) is 0.859. The van der Waals surface area contributed by atoms with E-state index in [-0.39, 0.29) is 11.8 Å². The van der Waals surface area contributed by atoms with Crippen molar-refractivity contribution in [3.05, 3.63) is 16.1 Å². The molecule has 0 spiro atoms. The molecule has 0 saturated carbocycles. The second kappa shape index (κ2) is 7.36. The maximum absolute atomic E-state index is 12.1. The van der Waals surface area contributed by atoms with Gasteiger partial charge >= 0.3 is 0 Å². The Balaban J connectivity index is 1.83. The van der Waals surface area contributed by atoms with E-state index in [2.05, 4.69) is 29.5 Å². The SMILES string of the molecule is CC(C)C(=O)N1CCCC(NCc2nc(C(C)C)cs2)C1. The predicted octanol–water partition coefficient (Wildman–Crippen LogP) is 3.00. The zero-order chi connectivity index (χ0) is 15.4. The first kappa shape index (κ1) is 16.4. The number of nitrogens with zero attached hydrogens (tertiary/aromatic N) is 2. The fourth-order valence-electron chi connectivity index (χ4n) is 2.61. The maximum Gasteiger partial charge on any atom is 0.225 e. The van der Waals surface area contributed by atoms with Crippen LogP contribution in [0.5, 0.6) is 0 Å². The van der Waals surface area contributed by atoms with E-state index in [1.54, 1.807) is 11.3 Å². The summed E-state index contributed by atoms with van der Waals surface area (Å²) in [5, 5.41) is 6.86. The van der Waals surface area contributed by atoms with Crippen LogP contribution in [0.15, 0.2) is 5.38 Å². The lowest BCUT2D eigenvalue weighted by Crippen LogP contribution is -2.48. The predicted molar refractivity (Wildman–Crippen MR) is 87.5 cm³/mol. The molecular formula is C16H27N3OS. The van der Waals surface area contributed by atoms with Crippen molar-refractivity contribution in [2.45, 2.75) is 59.0 Å². The zero-order valence-corrected chi connectivity index (χ0v) is 14.4. The second-order valence-corrected chi connectivity index (χ2v) is 7.42. The molecule has 0 aromatic carbocycles. The highest BCUT2D eigenvalue weighted by molar-refractivity contribution is 7.09. The average molecular weight is 309 g/mol. The van der Waals surface area contributed by atoms with Gasteiger partial charge in [0.05, 0.1) is 5.69 Å². The van der Waals surface area contributed by atoms with Crippen molar-refractivity contribution >= 4 is 17.2 Å². The van der Waals surface area contributed by atoms with Crippen molar-refractivity contribution in [1.29, 1.82) is 0 Å². The number of nitrogens with one attached hydrogen (secondary N) is 1. The van der Waals surface area contributed by atoms with Crippen molar-refractivity contribution in [3.8, 4) is 0 Å². The Labute approximate surface area is 132 Å². The molecule has 1 saturated heterocycles. The number of amides is 1. The molecule has 21 heavy (non-hydrogen) atoms. The summed E-state index contributed by atoms with van der Waals surface area (Å²) in [6, 6.07) is 0.396. The molecule has 1 unspecified atom stereocenters. The van der Waals surface area contributed by atoms with Crippen LogP contribution in [-0.2, 0) is 11.3 Å². The molecular weight excluding hydrogens is 282 g/mol. The highest BCUT2D eigenvalue weighted by Gasteiger charge is 2.24. The van der Waals surface area contributed by atoms with E-state index in [0.717, 1.165) is 37.5 Å². The lowest BCUT2D eigenvalue weighted by molar-refractivity contribution is -0.135. The van der Waals surface area contributed by atoms with E-state index in [4.69, 9.17) is 0 Å². The molecule has 0 aliphatic carbocycles. The van der Waals surface area contributed by atoms with Crippen molar-refractivity contribution < 1.29 is 4.79 Å². The van der Waals surface area contributed by atoms with E-state index < -0.39 is 0 Å². The minimum Gasteiger partial charge on any atom is -0.341 e. The first-order valence-corrected chi connectivity index (χ1v) is 8.81. The fraction of sp³-hybridized carbons (Fsp3) is 0.750. The number of carbonyl (C=O) groups excluding carboxylic acids is 1. The first-order valence-electron chi connectivity index (χ1n) is 7.93. The molecule has 0 radical (unpaired) electrons. The molecule has 1 fully saturated rings. The van der Waals surface area contributed by atoms with Crippen molar-refractivity contribution in [2.75, 3.05) is 13.1 Å². The molecule has 2 rings (SSSR count). The van der Waals surface area contributed by atoms with Crippen LogP contribution >= 0.6 is 11.3 Å². The van der Waals surface area contributed by atoms with Gasteiger partial charge < -0.3 is 10.2 Å². The average Bonchev–Trinajstić information content (AvgIpc) is 2.93. The molecule has 1 N–H and O–H groups in total. The normalized spacial score (nSPS) is 19.5. The minimum absolute atomic E-state index is 0.0938. The van der Waals surface area contributed by atoms with Crippen LogP contribution in [-0.4, -0.2) is 34.9 Å². The zero-order valence-electron chi connectivity index (χ0n) is 13.6. The number of thiazole rings is 1. The molecule has 1 atom stereocenters. The highest BCUT2D eigenvalue weighted by Crippen LogP contribution is 2.18. The lowest BCUT2D eigenvalue weighted by atomic mass is 10.0.